The molecule has 0 amide bonds. The molecule has 0 fully saturated rings. The summed E-state index contributed by atoms with van der Waals surface area (Å²) < 4.78 is 0. The Labute approximate surface area is 73.0 Å². The van der Waals surface area contributed by atoms with Crippen LogP contribution in [0.3, 0.4) is 0 Å². The molecule has 12 heavy (non-hydrogen) atoms. The fraction of sp³-hybridized carbons (Fsp3) is 0.444. The van der Waals surface area contributed by atoms with Crippen molar-refractivity contribution in [1.29, 1.82) is 0 Å². The molecule has 0 aliphatic rings. The van der Waals surface area contributed by atoms with Gasteiger partial charge in [-0.25, -0.2) is 0 Å². The molecule has 0 aliphatic carbocycles. The van der Waals surface area contributed by atoms with Crippen LogP contribution in [0.25, 0.3) is 0 Å². The monoisotopic (exact) mass is 165 g/mol. The van der Waals surface area contributed by atoms with Crippen LogP contribution in [-0.2, 0) is 5.41 Å². The molecule has 0 spiro atoms. The van der Waals surface area contributed by atoms with Crippen LogP contribution < -0.4 is 11.3 Å². The molecular formula is C9H15N3. The number of rotatable bonds is 1. The summed E-state index contributed by atoms with van der Waals surface area (Å²) in [6, 6.07) is 3.91. The molecule has 0 saturated heterocycles. The third-order valence-electron chi connectivity index (χ3n) is 1.70. The average molecular weight is 165 g/mol. The lowest BCUT2D eigenvalue weighted by molar-refractivity contribution is 0.569. The maximum absolute atomic E-state index is 5.22. The molecule has 3 nitrogen and oxygen atoms in total. The minimum Gasteiger partial charge on any atom is -0.323 e. The lowest BCUT2D eigenvalue weighted by Crippen LogP contribution is -2.14. The maximum Gasteiger partial charge on any atom is 0.0669 e. The number of hydrogen-bond acceptors (Lipinski definition) is 3. The highest BCUT2D eigenvalue weighted by Gasteiger charge is 2.14. The normalized spacial score (nSPS) is 11.3. The van der Waals surface area contributed by atoms with E-state index in [-0.39, 0.29) is 5.41 Å². The molecule has 0 aliphatic heterocycles. The quantitative estimate of drug-likeness (QED) is 0.491. The molecule has 3 N–H and O–H groups in total. The molecule has 0 bridgehead atoms. The van der Waals surface area contributed by atoms with Gasteiger partial charge in [0.15, 0.2) is 0 Å². The van der Waals surface area contributed by atoms with E-state index in [0.717, 1.165) is 11.4 Å². The van der Waals surface area contributed by atoms with Gasteiger partial charge in [0.05, 0.1) is 11.9 Å². The number of nitrogens with zero attached hydrogens (tertiary/aromatic N) is 1. The second kappa shape index (κ2) is 3.11. The van der Waals surface area contributed by atoms with E-state index in [4.69, 9.17) is 5.84 Å². The number of nitrogens with one attached hydrogen (secondary N) is 1. The van der Waals surface area contributed by atoms with Gasteiger partial charge in [-0.2, -0.15) is 0 Å². The standard InChI is InChI=1S/C9H15N3/c1-9(2,3)8-5-4-7(12-10)6-11-8/h4-6,12H,10H2,1-3H3. The van der Waals surface area contributed by atoms with Crippen molar-refractivity contribution < 1.29 is 0 Å². The first-order chi connectivity index (χ1) is 5.54. The molecule has 1 heterocycles. The summed E-state index contributed by atoms with van der Waals surface area (Å²) >= 11 is 0. The molecule has 1 rings (SSSR count). The molecule has 0 unspecified atom stereocenters. The van der Waals surface area contributed by atoms with Crippen molar-refractivity contribution >= 4 is 5.69 Å². The van der Waals surface area contributed by atoms with Crippen molar-refractivity contribution in [2.75, 3.05) is 5.43 Å². The number of hydrazine groups is 1. The number of hydrogen-bond donors (Lipinski definition) is 2. The Bertz CT molecular complexity index is 245. The number of nitrogen functional groups attached to an aromatic ring is 1. The largest absolute Gasteiger partial charge is 0.323 e. The molecule has 66 valence electrons. The van der Waals surface area contributed by atoms with E-state index in [0.29, 0.717) is 0 Å². The van der Waals surface area contributed by atoms with Crippen LogP contribution in [0.15, 0.2) is 18.3 Å². The van der Waals surface area contributed by atoms with Gasteiger partial charge in [0, 0.05) is 11.1 Å². The maximum atomic E-state index is 5.22. The smallest absolute Gasteiger partial charge is 0.0669 e. The van der Waals surface area contributed by atoms with Gasteiger partial charge in [-0.15, -0.1) is 0 Å². The average Bonchev–Trinajstić information content (AvgIpc) is 2.03. The first kappa shape index (κ1) is 9.00. The highest BCUT2D eigenvalue weighted by molar-refractivity contribution is 5.40. The van der Waals surface area contributed by atoms with Crippen LogP contribution in [0, 0.1) is 0 Å². The molecule has 0 aromatic carbocycles. The molecule has 1 aromatic heterocycles. The van der Waals surface area contributed by atoms with Crippen LogP contribution in [0.1, 0.15) is 26.5 Å². The van der Waals surface area contributed by atoms with Crippen molar-refractivity contribution in [3.63, 3.8) is 0 Å². The molecule has 0 atom stereocenters. The van der Waals surface area contributed by atoms with Crippen LogP contribution in [0.4, 0.5) is 5.69 Å². The van der Waals surface area contributed by atoms with E-state index in [1.807, 2.05) is 12.1 Å². The third-order valence-corrected chi connectivity index (χ3v) is 1.70. The molecule has 0 saturated carbocycles. The summed E-state index contributed by atoms with van der Waals surface area (Å²) in [4.78, 5) is 4.28. The highest BCUT2D eigenvalue weighted by Crippen LogP contribution is 2.20. The second-order valence-electron chi connectivity index (χ2n) is 3.83. The van der Waals surface area contributed by atoms with E-state index in [2.05, 4.69) is 31.2 Å². The van der Waals surface area contributed by atoms with Crippen LogP contribution >= 0.6 is 0 Å². The Morgan fingerprint density at radius 2 is 2.00 bits per heavy atom. The zero-order valence-electron chi connectivity index (χ0n) is 7.76. The minimum absolute atomic E-state index is 0.104. The first-order valence-corrected chi connectivity index (χ1v) is 3.97. The van der Waals surface area contributed by atoms with Gasteiger partial charge in [0.1, 0.15) is 0 Å². The number of aromatic nitrogens is 1. The molecule has 0 radical (unpaired) electrons. The Morgan fingerprint density at radius 3 is 2.33 bits per heavy atom. The van der Waals surface area contributed by atoms with Gasteiger partial charge in [-0.1, -0.05) is 20.8 Å². The number of nitrogens with two attached hydrogens (primary N) is 1. The SMILES string of the molecule is CC(C)(C)c1ccc(NN)cn1. The Hall–Kier alpha value is -1.09. The second-order valence-corrected chi connectivity index (χ2v) is 3.83. The van der Waals surface area contributed by atoms with E-state index in [1.54, 1.807) is 6.20 Å². The fourth-order valence-electron chi connectivity index (χ4n) is 0.923. The van der Waals surface area contributed by atoms with Crippen LogP contribution in [0.2, 0.25) is 0 Å². The van der Waals surface area contributed by atoms with Crippen LogP contribution in [-0.4, -0.2) is 4.98 Å². The van der Waals surface area contributed by atoms with Crippen LogP contribution in [0.5, 0.6) is 0 Å². The summed E-state index contributed by atoms with van der Waals surface area (Å²) in [6.07, 6.45) is 1.74. The highest BCUT2D eigenvalue weighted by atomic mass is 15.2. The molecule has 1 aromatic rings. The minimum atomic E-state index is 0.104. The fourth-order valence-corrected chi connectivity index (χ4v) is 0.923. The van der Waals surface area contributed by atoms with Gasteiger partial charge in [0.25, 0.3) is 0 Å². The summed E-state index contributed by atoms with van der Waals surface area (Å²) in [6.45, 7) is 6.39. The summed E-state index contributed by atoms with van der Waals surface area (Å²) in [7, 11) is 0. The lowest BCUT2D eigenvalue weighted by atomic mass is 9.92. The summed E-state index contributed by atoms with van der Waals surface area (Å²) in [5.41, 5.74) is 4.55. The van der Waals surface area contributed by atoms with E-state index >= 15 is 0 Å². The third kappa shape index (κ3) is 1.95. The predicted molar refractivity (Wildman–Crippen MR) is 50.7 cm³/mol. The molecule has 3 heteroatoms. The lowest BCUT2D eigenvalue weighted by Gasteiger charge is -2.17. The zero-order chi connectivity index (χ0) is 9.19. The van der Waals surface area contributed by atoms with Gasteiger partial charge in [-0.05, 0) is 12.1 Å². The zero-order valence-corrected chi connectivity index (χ0v) is 7.76. The van der Waals surface area contributed by atoms with E-state index in [1.165, 1.54) is 0 Å². The van der Waals surface area contributed by atoms with Crippen molar-refractivity contribution in [1.82, 2.24) is 4.98 Å². The van der Waals surface area contributed by atoms with Crippen molar-refractivity contribution in [3.05, 3.63) is 24.0 Å². The molecular weight excluding hydrogens is 150 g/mol. The van der Waals surface area contributed by atoms with Gasteiger partial charge < -0.3 is 5.43 Å². The van der Waals surface area contributed by atoms with Gasteiger partial charge in [0.2, 0.25) is 0 Å². The number of pyridine rings is 1. The summed E-state index contributed by atoms with van der Waals surface area (Å²) in [5, 5.41) is 0. The Balaban J connectivity index is 2.93. The van der Waals surface area contributed by atoms with Crippen molar-refractivity contribution in [2.24, 2.45) is 5.84 Å². The predicted octanol–water partition coefficient (Wildman–Crippen LogP) is 1.66. The van der Waals surface area contributed by atoms with Crippen molar-refractivity contribution in [3.8, 4) is 0 Å². The van der Waals surface area contributed by atoms with Gasteiger partial charge >= 0.3 is 0 Å². The summed E-state index contributed by atoms with van der Waals surface area (Å²) in [5.74, 6) is 5.22. The van der Waals surface area contributed by atoms with E-state index in [9.17, 15) is 0 Å². The van der Waals surface area contributed by atoms with Crippen molar-refractivity contribution in [2.45, 2.75) is 26.2 Å². The van der Waals surface area contributed by atoms with Gasteiger partial charge in [-0.3, -0.25) is 10.8 Å². The Kier molecular flexibility index (Phi) is 2.33. The topological polar surface area (TPSA) is 50.9 Å². The Morgan fingerprint density at radius 1 is 1.33 bits per heavy atom. The van der Waals surface area contributed by atoms with E-state index < -0.39 is 0 Å². The first-order valence-electron chi connectivity index (χ1n) is 3.97. The number of anilines is 1.